The Morgan fingerprint density at radius 1 is 1.11 bits per heavy atom. The van der Waals surface area contributed by atoms with Gasteiger partial charge in [0.1, 0.15) is 0 Å². The van der Waals surface area contributed by atoms with Gasteiger partial charge in [0.05, 0.1) is 12.6 Å². The number of hydrogen-bond acceptors (Lipinski definition) is 4. The highest BCUT2D eigenvalue weighted by molar-refractivity contribution is 14.0. The molecule has 1 unspecified atom stereocenters. The molecule has 0 aromatic heterocycles. The summed E-state index contributed by atoms with van der Waals surface area (Å²) in [5, 5.41) is 16.9. The molecule has 7 heteroatoms. The molecule has 3 N–H and O–H groups in total. The normalized spacial score (nSPS) is 13.6. The number of aliphatic imine (C=N–C) groups is 1. The lowest BCUT2D eigenvalue weighted by Crippen LogP contribution is -2.38. The molecule has 0 saturated heterocycles. The van der Waals surface area contributed by atoms with E-state index in [1.54, 1.807) is 0 Å². The molecule has 1 aliphatic heterocycles. The summed E-state index contributed by atoms with van der Waals surface area (Å²) in [6, 6.07) is 13.9. The summed E-state index contributed by atoms with van der Waals surface area (Å²) in [6.07, 6.45) is 0.219. The quantitative estimate of drug-likeness (QED) is 0.312. The fourth-order valence-corrected chi connectivity index (χ4v) is 2.84. The number of aliphatic hydroxyl groups is 1. The van der Waals surface area contributed by atoms with E-state index in [4.69, 9.17) is 9.47 Å². The zero-order valence-electron chi connectivity index (χ0n) is 16.3. The van der Waals surface area contributed by atoms with E-state index in [1.807, 2.05) is 56.3 Å². The van der Waals surface area contributed by atoms with E-state index < -0.39 is 6.10 Å². The molecular formula is C21H28IN3O3. The maximum Gasteiger partial charge on any atom is 0.231 e. The first-order valence-electron chi connectivity index (χ1n) is 9.31. The van der Waals surface area contributed by atoms with E-state index in [0.29, 0.717) is 12.5 Å². The predicted octanol–water partition coefficient (Wildman–Crippen LogP) is 3.17. The van der Waals surface area contributed by atoms with Crippen molar-refractivity contribution < 1.29 is 14.6 Å². The molecule has 1 atom stereocenters. The molecule has 28 heavy (non-hydrogen) atoms. The van der Waals surface area contributed by atoms with Crippen LogP contribution in [0.1, 0.15) is 29.7 Å². The van der Waals surface area contributed by atoms with E-state index in [1.165, 1.54) is 11.1 Å². The Morgan fingerprint density at radius 3 is 2.61 bits per heavy atom. The van der Waals surface area contributed by atoms with Gasteiger partial charge in [0.25, 0.3) is 0 Å². The van der Waals surface area contributed by atoms with E-state index in [-0.39, 0.29) is 30.8 Å². The second-order valence-electron chi connectivity index (χ2n) is 6.51. The van der Waals surface area contributed by atoms with Crippen LogP contribution in [0, 0.1) is 6.92 Å². The number of guanidine groups is 1. The molecule has 3 rings (SSSR count). The van der Waals surface area contributed by atoms with Crippen molar-refractivity contribution in [3.63, 3.8) is 0 Å². The number of rotatable bonds is 7. The van der Waals surface area contributed by atoms with Crippen LogP contribution in [-0.2, 0) is 6.42 Å². The fourth-order valence-electron chi connectivity index (χ4n) is 2.84. The second-order valence-corrected chi connectivity index (χ2v) is 6.51. The highest BCUT2D eigenvalue weighted by Gasteiger charge is 2.13. The zero-order valence-corrected chi connectivity index (χ0v) is 18.6. The SMILES string of the molecule is CCNC(=NCC(O)c1ccc(C)cc1)NCCc1ccc2c(c1)OCO2.I. The van der Waals surface area contributed by atoms with Gasteiger partial charge >= 0.3 is 0 Å². The van der Waals surface area contributed by atoms with Crippen molar-refractivity contribution in [2.75, 3.05) is 26.4 Å². The number of fused-ring (bicyclic) bond motifs is 1. The molecule has 0 saturated carbocycles. The van der Waals surface area contributed by atoms with Gasteiger partial charge in [-0.2, -0.15) is 0 Å². The third-order valence-electron chi connectivity index (χ3n) is 4.37. The van der Waals surface area contributed by atoms with Crippen LogP contribution < -0.4 is 20.1 Å². The highest BCUT2D eigenvalue weighted by atomic mass is 127. The molecule has 0 amide bonds. The molecule has 0 fully saturated rings. The van der Waals surface area contributed by atoms with Crippen molar-refractivity contribution >= 4 is 29.9 Å². The smallest absolute Gasteiger partial charge is 0.231 e. The van der Waals surface area contributed by atoms with Crippen molar-refractivity contribution in [3.05, 3.63) is 59.2 Å². The monoisotopic (exact) mass is 497 g/mol. The predicted molar refractivity (Wildman–Crippen MR) is 122 cm³/mol. The lowest BCUT2D eigenvalue weighted by molar-refractivity contribution is 0.174. The molecule has 0 spiro atoms. The second kappa shape index (κ2) is 11.1. The van der Waals surface area contributed by atoms with Gasteiger partial charge in [-0.1, -0.05) is 35.9 Å². The molecule has 0 aliphatic carbocycles. The van der Waals surface area contributed by atoms with Gasteiger partial charge in [-0.15, -0.1) is 24.0 Å². The van der Waals surface area contributed by atoms with E-state index in [2.05, 4.69) is 15.6 Å². The maximum atomic E-state index is 10.3. The third kappa shape index (κ3) is 6.27. The van der Waals surface area contributed by atoms with Crippen LogP contribution in [0.15, 0.2) is 47.5 Å². The lowest BCUT2D eigenvalue weighted by Gasteiger charge is -2.13. The number of aliphatic hydroxyl groups excluding tert-OH is 1. The zero-order chi connectivity index (χ0) is 19.1. The molecule has 0 radical (unpaired) electrons. The molecule has 0 bridgehead atoms. The molecule has 1 heterocycles. The third-order valence-corrected chi connectivity index (χ3v) is 4.37. The summed E-state index contributed by atoms with van der Waals surface area (Å²) in [6.45, 7) is 6.13. The number of halogens is 1. The van der Waals surface area contributed by atoms with Crippen LogP contribution in [0.3, 0.4) is 0 Å². The number of nitrogens with zero attached hydrogens (tertiary/aromatic N) is 1. The van der Waals surface area contributed by atoms with Gasteiger partial charge in [0, 0.05) is 13.1 Å². The average Bonchev–Trinajstić information content (AvgIpc) is 3.14. The topological polar surface area (TPSA) is 75.1 Å². The van der Waals surface area contributed by atoms with Gasteiger partial charge in [-0.25, -0.2) is 0 Å². The summed E-state index contributed by atoms with van der Waals surface area (Å²) < 4.78 is 10.7. The summed E-state index contributed by atoms with van der Waals surface area (Å²) in [4.78, 5) is 4.50. The largest absolute Gasteiger partial charge is 0.454 e. The van der Waals surface area contributed by atoms with Crippen LogP contribution in [0.4, 0.5) is 0 Å². The molecule has 2 aromatic carbocycles. The van der Waals surface area contributed by atoms with Crippen LogP contribution in [0.25, 0.3) is 0 Å². The number of benzene rings is 2. The number of ether oxygens (including phenoxy) is 2. The molecule has 6 nitrogen and oxygen atoms in total. The van der Waals surface area contributed by atoms with Gasteiger partial charge in [-0.05, 0) is 43.5 Å². The van der Waals surface area contributed by atoms with Crippen LogP contribution in [0.5, 0.6) is 11.5 Å². The number of aryl methyl sites for hydroxylation is 1. The van der Waals surface area contributed by atoms with Gasteiger partial charge in [0.15, 0.2) is 17.5 Å². The molecular weight excluding hydrogens is 469 g/mol. The van der Waals surface area contributed by atoms with E-state index in [9.17, 15) is 5.11 Å². The minimum absolute atomic E-state index is 0. The van der Waals surface area contributed by atoms with Gasteiger partial charge < -0.3 is 25.2 Å². The number of nitrogens with one attached hydrogen (secondary N) is 2. The van der Waals surface area contributed by atoms with E-state index >= 15 is 0 Å². The Hall–Kier alpha value is -2.00. The highest BCUT2D eigenvalue weighted by Crippen LogP contribution is 2.32. The van der Waals surface area contributed by atoms with Crippen LogP contribution in [0.2, 0.25) is 0 Å². The Bertz CT molecular complexity index is 781. The van der Waals surface area contributed by atoms with Crippen molar-refractivity contribution in [2.24, 2.45) is 4.99 Å². The summed E-state index contributed by atoms with van der Waals surface area (Å²) >= 11 is 0. The number of hydrogen-bond donors (Lipinski definition) is 3. The molecule has 1 aliphatic rings. The Balaban J connectivity index is 0.00000280. The van der Waals surface area contributed by atoms with Crippen molar-refractivity contribution in [1.29, 1.82) is 0 Å². The fraction of sp³-hybridized carbons (Fsp3) is 0.381. The van der Waals surface area contributed by atoms with Crippen molar-refractivity contribution in [2.45, 2.75) is 26.4 Å². The minimum atomic E-state index is -0.616. The molecule has 152 valence electrons. The standard InChI is InChI=1S/C21H27N3O3.HI/c1-3-22-21(24-13-18(25)17-7-4-15(2)5-8-17)23-11-10-16-6-9-19-20(12-16)27-14-26-19;/h4-9,12,18,25H,3,10-11,13-14H2,1-2H3,(H2,22,23,24);1H. The first-order valence-corrected chi connectivity index (χ1v) is 9.31. The average molecular weight is 497 g/mol. The van der Waals surface area contributed by atoms with Gasteiger partial charge in [-0.3, -0.25) is 4.99 Å². The molecule has 2 aromatic rings. The Morgan fingerprint density at radius 2 is 1.86 bits per heavy atom. The van der Waals surface area contributed by atoms with Crippen LogP contribution in [-0.4, -0.2) is 37.5 Å². The Kier molecular flexibility index (Phi) is 8.85. The van der Waals surface area contributed by atoms with E-state index in [0.717, 1.165) is 36.6 Å². The summed E-state index contributed by atoms with van der Waals surface area (Å²) in [5.41, 5.74) is 3.22. The summed E-state index contributed by atoms with van der Waals surface area (Å²) in [7, 11) is 0. The van der Waals surface area contributed by atoms with Crippen LogP contribution >= 0.6 is 24.0 Å². The Labute approximate surface area is 183 Å². The summed E-state index contributed by atoms with van der Waals surface area (Å²) in [5.74, 6) is 2.30. The van der Waals surface area contributed by atoms with Crippen molar-refractivity contribution in [1.82, 2.24) is 10.6 Å². The first kappa shape index (κ1) is 22.3. The van der Waals surface area contributed by atoms with Gasteiger partial charge in [0.2, 0.25) is 6.79 Å². The minimum Gasteiger partial charge on any atom is -0.454 e. The lowest BCUT2D eigenvalue weighted by atomic mass is 10.1. The van der Waals surface area contributed by atoms with Crippen molar-refractivity contribution in [3.8, 4) is 11.5 Å². The maximum absolute atomic E-state index is 10.3. The first-order chi connectivity index (χ1) is 13.2.